The van der Waals surface area contributed by atoms with Gasteiger partial charge in [-0.2, -0.15) is 0 Å². The van der Waals surface area contributed by atoms with Gasteiger partial charge in [-0.15, -0.1) is 0 Å². The van der Waals surface area contributed by atoms with Gasteiger partial charge in [0.25, 0.3) is 0 Å². The van der Waals surface area contributed by atoms with Crippen molar-refractivity contribution in [1.29, 1.82) is 0 Å². The predicted octanol–water partition coefficient (Wildman–Crippen LogP) is 2.54. The Hall–Kier alpha value is -1.06. The van der Waals surface area contributed by atoms with Crippen LogP contribution < -0.4 is 5.32 Å². The second-order valence-corrected chi connectivity index (χ2v) is 5.47. The van der Waals surface area contributed by atoms with Crippen molar-refractivity contribution < 1.29 is 9.84 Å². The van der Waals surface area contributed by atoms with Gasteiger partial charge in [-0.3, -0.25) is 0 Å². The standard InChI is InChI=1S/C15H21NO2/c1-10-14(7-8-18-10)16-15-4-2-3-11-9-12(17)5-6-13(11)15/h5-6,9-10,14-17H,2-4,7-8H2,1H3. The highest BCUT2D eigenvalue weighted by Crippen LogP contribution is 2.33. The van der Waals surface area contributed by atoms with E-state index in [4.69, 9.17) is 4.74 Å². The highest BCUT2D eigenvalue weighted by molar-refractivity contribution is 5.38. The summed E-state index contributed by atoms with van der Waals surface area (Å²) in [5, 5.41) is 13.3. The molecule has 0 spiro atoms. The lowest BCUT2D eigenvalue weighted by Crippen LogP contribution is -2.38. The largest absolute Gasteiger partial charge is 0.508 e. The molecule has 0 aromatic heterocycles. The normalized spacial score (nSPS) is 31.3. The summed E-state index contributed by atoms with van der Waals surface area (Å²) in [6, 6.07) is 6.67. The maximum absolute atomic E-state index is 9.56. The molecular formula is C15H21NO2. The number of rotatable bonds is 2. The maximum atomic E-state index is 9.56. The van der Waals surface area contributed by atoms with Crippen LogP contribution in [0, 0.1) is 0 Å². The SMILES string of the molecule is CC1OCCC1NC1CCCc2cc(O)ccc21. The predicted molar refractivity (Wildman–Crippen MR) is 70.7 cm³/mol. The lowest BCUT2D eigenvalue weighted by Gasteiger charge is -2.30. The van der Waals surface area contributed by atoms with Crippen molar-refractivity contribution in [2.75, 3.05) is 6.61 Å². The Balaban J connectivity index is 1.78. The summed E-state index contributed by atoms with van der Waals surface area (Å²) in [6.45, 7) is 3.01. The number of nitrogens with one attached hydrogen (secondary N) is 1. The van der Waals surface area contributed by atoms with Gasteiger partial charge in [0.2, 0.25) is 0 Å². The molecule has 3 nitrogen and oxygen atoms in total. The molecule has 3 unspecified atom stereocenters. The zero-order chi connectivity index (χ0) is 12.5. The number of phenolic OH excluding ortho intramolecular Hbond substituents is 1. The first kappa shape index (κ1) is 12.0. The lowest BCUT2D eigenvalue weighted by atomic mass is 9.87. The molecule has 0 saturated carbocycles. The minimum Gasteiger partial charge on any atom is -0.508 e. The minimum absolute atomic E-state index is 0.312. The molecule has 98 valence electrons. The van der Waals surface area contributed by atoms with Crippen LogP contribution in [-0.2, 0) is 11.2 Å². The van der Waals surface area contributed by atoms with Gasteiger partial charge in [0.1, 0.15) is 5.75 Å². The molecule has 18 heavy (non-hydrogen) atoms. The fraction of sp³-hybridized carbons (Fsp3) is 0.600. The first-order chi connectivity index (χ1) is 8.74. The molecule has 0 bridgehead atoms. The molecule has 1 aliphatic heterocycles. The number of fused-ring (bicyclic) bond motifs is 1. The van der Waals surface area contributed by atoms with Gasteiger partial charge in [0, 0.05) is 18.7 Å². The number of aryl methyl sites for hydroxylation is 1. The maximum Gasteiger partial charge on any atom is 0.115 e. The number of ether oxygens (including phenoxy) is 1. The Kier molecular flexibility index (Phi) is 3.27. The van der Waals surface area contributed by atoms with Gasteiger partial charge in [-0.05, 0) is 55.9 Å². The van der Waals surface area contributed by atoms with Gasteiger partial charge in [-0.25, -0.2) is 0 Å². The van der Waals surface area contributed by atoms with E-state index in [-0.39, 0.29) is 0 Å². The van der Waals surface area contributed by atoms with Crippen molar-refractivity contribution in [2.45, 2.75) is 50.8 Å². The number of benzene rings is 1. The number of hydrogen-bond acceptors (Lipinski definition) is 3. The molecule has 1 aromatic rings. The minimum atomic E-state index is 0.312. The van der Waals surface area contributed by atoms with E-state index in [2.05, 4.69) is 18.3 Å². The molecule has 1 aliphatic carbocycles. The average Bonchev–Trinajstić information content (AvgIpc) is 2.75. The summed E-state index contributed by atoms with van der Waals surface area (Å²) in [7, 11) is 0. The van der Waals surface area contributed by atoms with Crippen LogP contribution in [0.2, 0.25) is 0 Å². The van der Waals surface area contributed by atoms with Crippen molar-refractivity contribution in [1.82, 2.24) is 5.32 Å². The monoisotopic (exact) mass is 247 g/mol. The highest BCUT2D eigenvalue weighted by Gasteiger charge is 2.29. The fourth-order valence-electron chi connectivity index (χ4n) is 3.18. The molecule has 0 radical (unpaired) electrons. The first-order valence-electron chi connectivity index (χ1n) is 6.93. The van der Waals surface area contributed by atoms with Crippen LogP contribution in [0.25, 0.3) is 0 Å². The summed E-state index contributed by atoms with van der Waals surface area (Å²) in [6.07, 6.45) is 4.87. The van der Waals surface area contributed by atoms with Gasteiger partial charge in [0.15, 0.2) is 0 Å². The Morgan fingerprint density at radius 1 is 1.33 bits per heavy atom. The van der Waals surface area contributed by atoms with Crippen LogP contribution in [0.1, 0.15) is 43.4 Å². The first-order valence-corrected chi connectivity index (χ1v) is 6.93. The Bertz CT molecular complexity index is 433. The fourth-order valence-corrected chi connectivity index (χ4v) is 3.18. The molecule has 1 heterocycles. The molecule has 3 rings (SSSR count). The summed E-state index contributed by atoms with van der Waals surface area (Å²) >= 11 is 0. The van der Waals surface area contributed by atoms with Crippen LogP contribution in [0.5, 0.6) is 5.75 Å². The lowest BCUT2D eigenvalue weighted by molar-refractivity contribution is 0.110. The molecular weight excluding hydrogens is 226 g/mol. The van der Waals surface area contributed by atoms with Crippen LogP contribution in [0.3, 0.4) is 0 Å². The van der Waals surface area contributed by atoms with Gasteiger partial charge < -0.3 is 15.2 Å². The average molecular weight is 247 g/mol. The number of phenols is 1. The van der Waals surface area contributed by atoms with Crippen molar-refractivity contribution >= 4 is 0 Å². The second kappa shape index (κ2) is 4.90. The van der Waals surface area contributed by atoms with Crippen molar-refractivity contribution in [3.05, 3.63) is 29.3 Å². The Morgan fingerprint density at radius 2 is 2.22 bits per heavy atom. The smallest absolute Gasteiger partial charge is 0.115 e. The third-order valence-electron chi connectivity index (χ3n) is 4.23. The Morgan fingerprint density at radius 3 is 3.00 bits per heavy atom. The van der Waals surface area contributed by atoms with E-state index in [1.165, 1.54) is 24.0 Å². The Labute approximate surface area is 108 Å². The van der Waals surface area contributed by atoms with Crippen molar-refractivity contribution in [2.24, 2.45) is 0 Å². The van der Waals surface area contributed by atoms with Gasteiger partial charge >= 0.3 is 0 Å². The zero-order valence-corrected chi connectivity index (χ0v) is 10.9. The molecule has 1 saturated heterocycles. The molecule has 0 amide bonds. The summed E-state index contributed by atoms with van der Waals surface area (Å²) in [4.78, 5) is 0. The van der Waals surface area contributed by atoms with E-state index in [1.807, 2.05) is 6.07 Å². The second-order valence-electron chi connectivity index (χ2n) is 5.47. The molecule has 1 fully saturated rings. The third kappa shape index (κ3) is 2.25. The zero-order valence-electron chi connectivity index (χ0n) is 10.9. The van der Waals surface area contributed by atoms with Crippen LogP contribution in [0.15, 0.2) is 18.2 Å². The van der Waals surface area contributed by atoms with Crippen LogP contribution >= 0.6 is 0 Å². The van der Waals surface area contributed by atoms with Crippen LogP contribution in [0.4, 0.5) is 0 Å². The van der Waals surface area contributed by atoms with E-state index in [0.29, 0.717) is 23.9 Å². The number of aromatic hydroxyl groups is 1. The molecule has 2 N–H and O–H groups in total. The summed E-state index contributed by atoms with van der Waals surface area (Å²) < 4.78 is 5.61. The summed E-state index contributed by atoms with van der Waals surface area (Å²) in [5.74, 6) is 0.381. The van der Waals surface area contributed by atoms with E-state index in [9.17, 15) is 5.11 Å². The van der Waals surface area contributed by atoms with Crippen molar-refractivity contribution in [3.8, 4) is 5.75 Å². The number of hydrogen-bond donors (Lipinski definition) is 2. The van der Waals surface area contributed by atoms with Gasteiger partial charge in [-0.1, -0.05) is 6.07 Å². The molecule has 2 aliphatic rings. The molecule has 3 atom stereocenters. The van der Waals surface area contributed by atoms with E-state index < -0.39 is 0 Å². The van der Waals surface area contributed by atoms with E-state index in [1.54, 1.807) is 6.07 Å². The molecule has 3 heteroatoms. The summed E-state index contributed by atoms with van der Waals surface area (Å²) in [5.41, 5.74) is 2.66. The van der Waals surface area contributed by atoms with Gasteiger partial charge in [0.05, 0.1) is 6.10 Å². The third-order valence-corrected chi connectivity index (χ3v) is 4.23. The molecule has 1 aromatic carbocycles. The topological polar surface area (TPSA) is 41.5 Å². The van der Waals surface area contributed by atoms with E-state index >= 15 is 0 Å². The van der Waals surface area contributed by atoms with E-state index in [0.717, 1.165) is 19.4 Å². The van der Waals surface area contributed by atoms with Crippen LogP contribution in [-0.4, -0.2) is 23.9 Å². The highest BCUT2D eigenvalue weighted by atomic mass is 16.5. The van der Waals surface area contributed by atoms with Crippen molar-refractivity contribution in [3.63, 3.8) is 0 Å². The quantitative estimate of drug-likeness (QED) is 0.844.